The van der Waals surface area contributed by atoms with Gasteiger partial charge in [-0.1, -0.05) is 11.2 Å². The van der Waals surface area contributed by atoms with Crippen LogP contribution in [0.15, 0.2) is 16.8 Å². The van der Waals surface area contributed by atoms with E-state index in [0.29, 0.717) is 0 Å². The van der Waals surface area contributed by atoms with E-state index < -0.39 is 0 Å². The molecular formula is C8H15ClN2O. The van der Waals surface area contributed by atoms with Crippen molar-refractivity contribution in [2.24, 2.45) is 5.16 Å². The highest BCUT2D eigenvalue weighted by Gasteiger charge is 2.04. The van der Waals surface area contributed by atoms with Gasteiger partial charge in [0.1, 0.15) is 7.11 Å². The van der Waals surface area contributed by atoms with Crippen LogP contribution in [0.25, 0.3) is 0 Å². The van der Waals surface area contributed by atoms with Crippen LogP contribution in [-0.2, 0) is 4.84 Å². The predicted octanol–water partition coefficient (Wildman–Crippen LogP) is 1.30. The molecule has 1 rings (SSSR count). The summed E-state index contributed by atoms with van der Waals surface area (Å²) < 4.78 is 0. The molecule has 0 atom stereocenters. The molecular weight excluding hydrogens is 176 g/mol. The third-order valence-corrected chi connectivity index (χ3v) is 1.77. The molecule has 0 aromatic heterocycles. The van der Waals surface area contributed by atoms with Gasteiger partial charge in [0.2, 0.25) is 0 Å². The fourth-order valence-corrected chi connectivity index (χ4v) is 1.02. The van der Waals surface area contributed by atoms with Gasteiger partial charge >= 0.3 is 0 Å². The van der Waals surface area contributed by atoms with Crippen molar-refractivity contribution < 1.29 is 4.84 Å². The molecule has 0 radical (unpaired) electrons. The zero-order valence-electron chi connectivity index (χ0n) is 7.49. The van der Waals surface area contributed by atoms with Crippen molar-refractivity contribution in [3.8, 4) is 0 Å². The van der Waals surface area contributed by atoms with Gasteiger partial charge in [-0.25, -0.2) is 0 Å². The molecule has 0 aliphatic carbocycles. The van der Waals surface area contributed by atoms with E-state index in [2.05, 4.69) is 28.0 Å². The molecule has 1 aliphatic heterocycles. The molecule has 3 nitrogen and oxygen atoms in total. The highest BCUT2D eigenvalue weighted by Crippen LogP contribution is 2.06. The van der Waals surface area contributed by atoms with Gasteiger partial charge in [0, 0.05) is 13.1 Å². The van der Waals surface area contributed by atoms with Crippen LogP contribution in [-0.4, -0.2) is 38.4 Å². The van der Waals surface area contributed by atoms with E-state index in [1.807, 2.05) is 0 Å². The number of halogens is 1. The lowest BCUT2D eigenvalue weighted by Gasteiger charge is -2.19. The molecule has 1 heterocycles. The summed E-state index contributed by atoms with van der Waals surface area (Å²) in [6.07, 6.45) is 5.03. The molecule has 0 aromatic rings. The van der Waals surface area contributed by atoms with E-state index in [9.17, 15) is 0 Å². The average Bonchev–Trinajstić information content (AvgIpc) is 2.04. The Morgan fingerprint density at radius 2 is 2.42 bits per heavy atom. The average molecular weight is 191 g/mol. The van der Waals surface area contributed by atoms with Crippen molar-refractivity contribution in [2.75, 3.05) is 27.2 Å². The Morgan fingerprint density at radius 3 is 2.92 bits per heavy atom. The molecule has 0 saturated heterocycles. The van der Waals surface area contributed by atoms with E-state index >= 15 is 0 Å². The van der Waals surface area contributed by atoms with Crippen LogP contribution in [0.3, 0.4) is 0 Å². The maximum atomic E-state index is 4.59. The van der Waals surface area contributed by atoms with Crippen molar-refractivity contribution >= 4 is 18.6 Å². The molecule has 0 N–H and O–H groups in total. The molecule has 0 saturated carbocycles. The topological polar surface area (TPSA) is 24.8 Å². The van der Waals surface area contributed by atoms with Gasteiger partial charge in [0.15, 0.2) is 0 Å². The molecule has 70 valence electrons. The molecule has 0 spiro atoms. The highest BCUT2D eigenvalue weighted by atomic mass is 35.5. The van der Waals surface area contributed by atoms with Crippen molar-refractivity contribution in [2.45, 2.75) is 6.42 Å². The van der Waals surface area contributed by atoms with Crippen molar-refractivity contribution in [1.29, 1.82) is 0 Å². The fourth-order valence-electron chi connectivity index (χ4n) is 1.02. The first-order valence-corrected chi connectivity index (χ1v) is 3.77. The smallest absolute Gasteiger partial charge is 0.106 e. The summed E-state index contributed by atoms with van der Waals surface area (Å²) in [5.74, 6) is 0. The van der Waals surface area contributed by atoms with Gasteiger partial charge in [-0.05, 0) is 19.0 Å². The van der Waals surface area contributed by atoms with E-state index in [0.717, 1.165) is 19.5 Å². The van der Waals surface area contributed by atoms with Crippen LogP contribution in [0, 0.1) is 0 Å². The third-order valence-electron chi connectivity index (χ3n) is 1.77. The lowest BCUT2D eigenvalue weighted by atomic mass is 10.1. The number of likely N-dealkylation sites (N-methyl/N-ethyl adjacent to an activating group) is 1. The van der Waals surface area contributed by atoms with Gasteiger partial charge in [0.25, 0.3) is 0 Å². The SMILES string of the molecule is CON=CC1=CCN(C)CC1.Cl. The summed E-state index contributed by atoms with van der Waals surface area (Å²) in [5.41, 5.74) is 1.27. The minimum Gasteiger partial charge on any atom is -0.399 e. The number of nitrogens with zero attached hydrogens (tertiary/aromatic N) is 2. The third kappa shape index (κ3) is 3.74. The van der Waals surface area contributed by atoms with Gasteiger partial charge in [0.05, 0.1) is 6.21 Å². The van der Waals surface area contributed by atoms with Crippen molar-refractivity contribution in [3.63, 3.8) is 0 Å². The first kappa shape index (κ1) is 11.5. The van der Waals surface area contributed by atoms with E-state index in [1.54, 1.807) is 13.3 Å². The van der Waals surface area contributed by atoms with E-state index in [-0.39, 0.29) is 12.4 Å². The van der Waals surface area contributed by atoms with Crippen LogP contribution in [0.4, 0.5) is 0 Å². The summed E-state index contributed by atoms with van der Waals surface area (Å²) >= 11 is 0. The second-order valence-corrected chi connectivity index (χ2v) is 2.71. The van der Waals surface area contributed by atoms with E-state index in [4.69, 9.17) is 0 Å². The number of hydrogen-bond donors (Lipinski definition) is 0. The van der Waals surface area contributed by atoms with Gasteiger partial charge in [-0.2, -0.15) is 0 Å². The quantitative estimate of drug-likeness (QED) is 0.485. The van der Waals surface area contributed by atoms with Crippen LogP contribution < -0.4 is 0 Å². The second kappa shape index (κ2) is 6.03. The zero-order chi connectivity index (χ0) is 8.10. The number of oxime groups is 1. The Hall–Kier alpha value is -0.540. The maximum absolute atomic E-state index is 4.59. The van der Waals surface area contributed by atoms with E-state index in [1.165, 1.54) is 5.57 Å². The molecule has 1 aliphatic rings. The Labute approximate surface area is 79.5 Å². The summed E-state index contributed by atoms with van der Waals surface area (Å²) in [7, 11) is 3.67. The molecule has 0 amide bonds. The monoisotopic (exact) mass is 190 g/mol. The molecule has 0 aromatic carbocycles. The molecule has 0 fully saturated rings. The van der Waals surface area contributed by atoms with Gasteiger partial charge in [-0.15, -0.1) is 12.4 Å². The molecule has 12 heavy (non-hydrogen) atoms. The predicted molar refractivity (Wildman–Crippen MR) is 52.9 cm³/mol. The summed E-state index contributed by atoms with van der Waals surface area (Å²) in [4.78, 5) is 6.85. The van der Waals surface area contributed by atoms with Crippen molar-refractivity contribution in [1.82, 2.24) is 4.90 Å². The normalized spacial score (nSPS) is 18.7. The minimum absolute atomic E-state index is 0. The molecule has 0 unspecified atom stereocenters. The van der Waals surface area contributed by atoms with Crippen LogP contribution >= 0.6 is 12.4 Å². The summed E-state index contributed by atoms with van der Waals surface area (Å²) in [5, 5.41) is 3.71. The second-order valence-electron chi connectivity index (χ2n) is 2.71. The highest BCUT2D eigenvalue weighted by molar-refractivity contribution is 5.85. The Balaban J connectivity index is 0.00000121. The fraction of sp³-hybridized carbons (Fsp3) is 0.625. The molecule has 0 bridgehead atoms. The van der Waals surface area contributed by atoms with Gasteiger partial charge < -0.3 is 9.74 Å². The lowest BCUT2D eigenvalue weighted by Crippen LogP contribution is -2.24. The zero-order valence-corrected chi connectivity index (χ0v) is 8.30. The minimum atomic E-state index is 0. The van der Waals surface area contributed by atoms with Gasteiger partial charge in [-0.3, -0.25) is 0 Å². The number of rotatable bonds is 2. The largest absolute Gasteiger partial charge is 0.399 e. The Kier molecular flexibility index (Phi) is 5.76. The first-order valence-electron chi connectivity index (χ1n) is 3.77. The summed E-state index contributed by atoms with van der Waals surface area (Å²) in [6.45, 7) is 2.13. The standard InChI is InChI=1S/C8H14N2O.ClH/c1-10-5-3-8(4-6-10)7-9-11-2;/h3,7H,4-6H2,1-2H3;1H. The van der Waals surface area contributed by atoms with Crippen molar-refractivity contribution in [3.05, 3.63) is 11.6 Å². The van der Waals surface area contributed by atoms with Crippen LogP contribution in [0.5, 0.6) is 0 Å². The lowest BCUT2D eigenvalue weighted by molar-refractivity contribution is 0.215. The Morgan fingerprint density at radius 1 is 1.67 bits per heavy atom. The maximum Gasteiger partial charge on any atom is 0.106 e. The Bertz CT molecular complexity index is 180. The number of hydrogen-bond acceptors (Lipinski definition) is 3. The first-order chi connectivity index (χ1) is 5.33. The summed E-state index contributed by atoms with van der Waals surface area (Å²) in [6, 6.07) is 0. The molecule has 4 heteroatoms. The van der Waals surface area contributed by atoms with Crippen LogP contribution in [0.2, 0.25) is 0 Å². The van der Waals surface area contributed by atoms with Crippen LogP contribution in [0.1, 0.15) is 6.42 Å².